The third kappa shape index (κ3) is 58.4. The first-order chi connectivity index (χ1) is 19.2. The maximum atomic E-state index is 11.3. The van der Waals surface area contributed by atoms with E-state index < -0.39 is 11.2 Å². The Bertz CT molecular complexity index is 617. The highest BCUT2D eigenvalue weighted by atomic mass is 16.6. The highest BCUT2D eigenvalue weighted by molar-refractivity contribution is 5.81. The Morgan fingerprint density at radius 2 is 0.951 bits per heavy atom. The average molecular weight is 598 g/mol. The first kappa shape index (κ1) is 45.8. The highest BCUT2D eigenvalue weighted by Crippen LogP contribution is 2.08. The summed E-state index contributed by atoms with van der Waals surface area (Å²) in [6.07, 6.45) is 1.40. The number of nitrogens with zero attached hydrogens (tertiary/aromatic N) is 1. The van der Waals surface area contributed by atoms with Crippen molar-refractivity contribution in [1.82, 2.24) is 0 Å². The van der Waals surface area contributed by atoms with Crippen LogP contribution in [0.2, 0.25) is 0 Å². The molecule has 0 saturated heterocycles. The lowest BCUT2D eigenvalue weighted by Gasteiger charge is -2.19. The molecule has 0 atom stereocenters. The Labute approximate surface area is 246 Å². The van der Waals surface area contributed by atoms with Crippen molar-refractivity contribution in [2.45, 2.75) is 66.1 Å². The summed E-state index contributed by atoms with van der Waals surface area (Å²) in [7, 11) is 0. The van der Waals surface area contributed by atoms with Gasteiger partial charge in [0, 0.05) is 13.0 Å². The van der Waals surface area contributed by atoms with Gasteiger partial charge in [-0.1, -0.05) is 6.58 Å². The maximum Gasteiger partial charge on any atom is 0.330 e. The zero-order valence-corrected chi connectivity index (χ0v) is 26.1. The molecule has 0 bridgehead atoms. The molecule has 0 aromatic carbocycles. The van der Waals surface area contributed by atoms with Crippen LogP contribution in [-0.2, 0) is 42.7 Å². The van der Waals surface area contributed by atoms with E-state index >= 15 is 0 Å². The van der Waals surface area contributed by atoms with Gasteiger partial charge in [-0.25, -0.2) is 4.79 Å². The van der Waals surface area contributed by atoms with Gasteiger partial charge >= 0.3 is 11.9 Å². The molecule has 0 unspecified atom stereocenters. The minimum Gasteiger partial charge on any atom is -0.460 e. The Balaban J connectivity index is -0.000000261. The van der Waals surface area contributed by atoms with E-state index in [1.165, 1.54) is 6.92 Å². The van der Waals surface area contributed by atoms with Crippen molar-refractivity contribution in [3.8, 4) is 6.07 Å². The molecule has 3 N–H and O–H groups in total. The number of nitriles is 1. The van der Waals surface area contributed by atoms with E-state index in [-0.39, 0.29) is 38.2 Å². The summed E-state index contributed by atoms with van der Waals surface area (Å²) in [5.74, 6) is -0.631. The molecule has 0 saturated carbocycles. The molecular weight excluding hydrogens is 542 g/mol. The Morgan fingerprint density at radius 3 is 1.20 bits per heavy atom. The number of hydrogen-bond donors (Lipinski definition) is 3. The molecular formula is C28H55NO12. The van der Waals surface area contributed by atoms with Crippen molar-refractivity contribution >= 4 is 11.9 Å². The van der Waals surface area contributed by atoms with Crippen LogP contribution < -0.4 is 0 Å². The largest absolute Gasteiger partial charge is 0.460 e. The lowest BCUT2D eigenvalue weighted by molar-refractivity contribution is -0.156. The number of esters is 2. The van der Waals surface area contributed by atoms with E-state index in [1.807, 2.05) is 41.5 Å². The predicted octanol–water partition coefficient (Wildman–Crippen LogP) is 1.81. The molecule has 13 heteroatoms. The average Bonchev–Trinajstić information content (AvgIpc) is 2.86. The van der Waals surface area contributed by atoms with Crippen molar-refractivity contribution < 1.29 is 58.1 Å². The molecule has 0 aliphatic heterocycles. The van der Waals surface area contributed by atoms with E-state index in [0.29, 0.717) is 66.1 Å². The second kappa shape index (κ2) is 34.1. The van der Waals surface area contributed by atoms with Gasteiger partial charge in [-0.15, -0.1) is 0 Å². The van der Waals surface area contributed by atoms with Gasteiger partial charge < -0.3 is 48.5 Å². The second-order valence-electron chi connectivity index (χ2n) is 9.53. The number of hydrogen-bond acceptors (Lipinski definition) is 13. The van der Waals surface area contributed by atoms with Crippen molar-refractivity contribution in [2.75, 3.05) is 85.9 Å². The molecule has 0 heterocycles. The molecule has 0 aromatic heterocycles. The van der Waals surface area contributed by atoms with Crippen LogP contribution in [0, 0.1) is 11.3 Å². The first-order valence-electron chi connectivity index (χ1n) is 13.3. The topological polar surface area (TPSA) is 183 Å². The lowest BCUT2D eigenvalue weighted by atomic mass is 10.2. The number of aliphatic hydroxyl groups excluding tert-OH is 3. The van der Waals surface area contributed by atoms with Crippen LogP contribution in [0.15, 0.2) is 12.7 Å². The number of ether oxygens (including phenoxy) is 7. The monoisotopic (exact) mass is 597 g/mol. The van der Waals surface area contributed by atoms with Crippen LogP contribution in [0.4, 0.5) is 0 Å². The zero-order chi connectivity index (χ0) is 32.4. The predicted molar refractivity (Wildman–Crippen MR) is 153 cm³/mol. The molecule has 0 rings (SSSR count). The van der Waals surface area contributed by atoms with Gasteiger partial charge in [0.15, 0.2) is 0 Å². The fourth-order valence-corrected chi connectivity index (χ4v) is 1.95. The summed E-state index contributed by atoms with van der Waals surface area (Å²) in [6, 6.07) is 1.75. The molecule has 0 aliphatic rings. The third-order valence-corrected chi connectivity index (χ3v) is 3.27. The normalized spacial score (nSPS) is 10.4. The zero-order valence-electron chi connectivity index (χ0n) is 26.1. The molecule has 0 aliphatic carbocycles. The smallest absolute Gasteiger partial charge is 0.330 e. The van der Waals surface area contributed by atoms with Crippen LogP contribution in [0.5, 0.6) is 0 Å². The second-order valence-corrected chi connectivity index (χ2v) is 9.53. The van der Waals surface area contributed by atoms with Crippen molar-refractivity contribution in [3.63, 3.8) is 0 Å². The molecule has 13 nitrogen and oxygen atoms in total. The Kier molecular flexibility index (Phi) is 38.1. The minimum atomic E-state index is -0.450. The summed E-state index contributed by atoms with van der Waals surface area (Å²) in [6.45, 7) is 19.9. The van der Waals surface area contributed by atoms with E-state index in [2.05, 4.69) is 6.58 Å². The number of carbonyl (C=O) groups is 2. The van der Waals surface area contributed by atoms with Crippen LogP contribution in [0.25, 0.3) is 0 Å². The number of rotatable bonds is 19. The van der Waals surface area contributed by atoms with Gasteiger partial charge in [-0.2, -0.15) is 5.26 Å². The van der Waals surface area contributed by atoms with Gasteiger partial charge in [-0.05, 0) is 41.5 Å². The molecule has 0 aromatic rings. The summed E-state index contributed by atoms with van der Waals surface area (Å²) in [4.78, 5) is 21.8. The molecule has 0 fully saturated rings. The molecule has 0 spiro atoms. The fourth-order valence-electron chi connectivity index (χ4n) is 1.95. The molecule has 244 valence electrons. The molecule has 0 amide bonds. The van der Waals surface area contributed by atoms with Crippen molar-refractivity contribution in [1.29, 1.82) is 5.26 Å². The Morgan fingerprint density at radius 1 is 0.659 bits per heavy atom. The Hall–Kier alpha value is -2.15. The summed E-state index contributed by atoms with van der Waals surface area (Å²) in [5.41, 5.74) is -0.847. The van der Waals surface area contributed by atoms with Gasteiger partial charge in [0.2, 0.25) is 0 Å². The minimum absolute atomic E-state index is 0.0216. The van der Waals surface area contributed by atoms with E-state index in [1.54, 1.807) is 6.07 Å². The van der Waals surface area contributed by atoms with E-state index in [4.69, 9.17) is 53.7 Å². The number of carbonyl (C=O) groups excluding carboxylic acids is 2. The molecule has 41 heavy (non-hydrogen) atoms. The van der Waals surface area contributed by atoms with Crippen LogP contribution in [0.3, 0.4) is 0 Å². The van der Waals surface area contributed by atoms with Gasteiger partial charge in [-0.3, -0.25) is 4.79 Å². The van der Waals surface area contributed by atoms with Gasteiger partial charge in [0.1, 0.15) is 11.2 Å². The van der Waals surface area contributed by atoms with E-state index in [9.17, 15) is 9.59 Å². The van der Waals surface area contributed by atoms with Crippen molar-refractivity contribution in [2.24, 2.45) is 0 Å². The third-order valence-electron chi connectivity index (χ3n) is 3.27. The molecule has 0 radical (unpaired) electrons. The maximum absolute atomic E-state index is 11.3. The van der Waals surface area contributed by atoms with Crippen LogP contribution in [0.1, 0.15) is 54.9 Å². The summed E-state index contributed by atoms with van der Waals surface area (Å²) >= 11 is 0. The quantitative estimate of drug-likeness (QED) is 0.111. The van der Waals surface area contributed by atoms with Crippen molar-refractivity contribution in [3.05, 3.63) is 12.7 Å². The first-order valence-corrected chi connectivity index (χ1v) is 13.3. The summed E-state index contributed by atoms with van der Waals surface area (Å²) < 4.78 is 35.2. The highest BCUT2D eigenvalue weighted by Gasteiger charge is 2.15. The van der Waals surface area contributed by atoms with Gasteiger partial charge in [0.25, 0.3) is 0 Å². The standard InChI is InChI=1S/C13H26O6.C7H12O2.C6H14O4.C2H3N/c1-13(2,3)19-12(15)4-6-16-8-10-18-11-9-17-7-5-14;1-5-6(8)9-7(2,3)4;7-1-3-9-5-6-10-4-2-8;1-2-3/h14H,4-11H2,1-3H3;5H,1H2,2-4H3;7-8H,1-6H2;1H3. The van der Waals surface area contributed by atoms with Gasteiger partial charge in [0.05, 0.1) is 98.4 Å². The number of aliphatic hydroxyl groups is 3. The van der Waals surface area contributed by atoms with Crippen LogP contribution in [-0.4, -0.2) is 124 Å². The van der Waals surface area contributed by atoms with E-state index in [0.717, 1.165) is 6.08 Å². The lowest BCUT2D eigenvalue weighted by Crippen LogP contribution is -2.24. The SMILES string of the molecule is C=CC(=O)OC(C)(C)C.CC#N.CC(C)(C)OC(=O)CCOCCOCCOCCO.OCCOCCOCCO. The fraction of sp³-hybridized carbons (Fsp3) is 0.821. The van der Waals surface area contributed by atoms with Crippen LogP contribution >= 0.6 is 0 Å². The summed E-state index contributed by atoms with van der Waals surface area (Å²) in [5, 5.41) is 32.3.